The molecule has 0 saturated heterocycles. The topological polar surface area (TPSA) is 51.1 Å². The molecule has 0 saturated carbocycles. The van der Waals surface area contributed by atoms with Crippen molar-refractivity contribution >= 4 is 35.1 Å². The van der Waals surface area contributed by atoms with Crippen molar-refractivity contribution in [3.8, 4) is 11.5 Å². The molecule has 4 rings (SSSR count). The van der Waals surface area contributed by atoms with Crippen LogP contribution in [0.25, 0.3) is 6.08 Å². The molecule has 0 N–H and O–H groups in total. The minimum atomic E-state index is -0.198. The SMILES string of the molecule is CCOc1ccc(/C=C2/N=C(c3ccc(Cl)cc3)N(c3ccc(C)cc3)C2=O)cc1OCC. The van der Waals surface area contributed by atoms with E-state index < -0.39 is 0 Å². The monoisotopic (exact) mass is 460 g/mol. The normalized spacial score (nSPS) is 14.5. The lowest BCUT2D eigenvalue weighted by molar-refractivity contribution is -0.113. The second-order valence-corrected chi connectivity index (χ2v) is 7.96. The third-order valence-corrected chi connectivity index (χ3v) is 5.38. The zero-order chi connectivity index (χ0) is 23.4. The van der Waals surface area contributed by atoms with E-state index in [9.17, 15) is 4.79 Å². The number of benzene rings is 3. The number of hydrogen-bond acceptors (Lipinski definition) is 4. The van der Waals surface area contributed by atoms with Crippen molar-refractivity contribution in [1.82, 2.24) is 0 Å². The lowest BCUT2D eigenvalue weighted by Crippen LogP contribution is -2.32. The zero-order valence-corrected chi connectivity index (χ0v) is 19.6. The Bertz CT molecular complexity index is 1220. The molecular formula is C27H25ClN2O3. The first-order valence-corrected chi connectivity index (χ1v) is 11.2. The van der Waals surface area contributed by atoms with Crippen molar-refractivity contribution in [1.29, 1.82) is 0 Å². The Morgan fingerprint density at radius 2 is 1.58 bits per heavy atom. The van der Waals surface area contributed by atoms with Crippen LogP contribution in [0.3, 0.4) is 0 Å². The van der Waals surface area contributed by atoms with Gasteiger partial charge in [-0.3, -0.25) is 9.69 Å². The summed E-state index contributed by atoms with van der Waals surface area (Å²) >= 11 is 6.08. The minimum Gasteiger partial charge on any atom is -0.490 e. The molecule has 5 nitrogen and oxygen atoms in total. The van der Waals surface area contributed by atoms with Crippen LogP contribution >= 0.6 is 11.6 Å². The number of nitrogens with zero attached hydrogens (tertiary/aromatic N) is 2. The highest BCUT2D eigenvalue weighted by Gasteiger charge is 2.32. The predicted octanol–water partition coefficient (Wildman–Crippen LogP) is 6.28. The number of carbonyl (C=O) groups is 1. The number of rotatable bonds is 7. The third-order valence-electron chi connectivity index (χ3n) is 5.13. The molecule has 0 fully saturated rings. The molecule has 33 heavy (non-hydrogen) atoms. The number of amides is 1. The first-order valence-electron chi connectivity index (χ1n) is 10.9. The largest absolute Gasteiger partial charge is 0.490 e. The molecule has 3 aromatic rings. The molecule has 6 heteroatoms. The number of aryl methyl sites for hydroxylation is 1. The third kappa shape index (κ3) is 4.94. The van der Waals surface area contributed by atoms with Crippen molar-refractivity contribution in [2.45, 2.75) is 20.8 Å². The summed E-state index contributed by atoms with van der Waals surface area (Å²) in [6, 6.07) is 20.7. The highest BCUT2D eigenvalue weighted by atomic mass is 35.5. The van der Waals surface area contributed by atoms with Crippen LogP contribution in [0.15, 0.2) is 77.4 Å². The molecule has 0 aromatic heterocycles. The van der Waals surface area contributed by atoms with Gasteiger partial charge in [0, 0.05) is 10.6 Å². The summed E-state index contributed by atoms with van der Waals surface area (Å²) < 4.78 is 11.4. The number of halogens is 1. The maximum absolute atomic E-state index is 13.5. The highest BCUT2D eigenvalue weighted by Crippen LogP contribution is 2.32. The summed E-state index contributed by atoms with van der Waals surface area (Å²) in [6.45, 7) is 6.91. The van der Waals surface area contributed by atoms with Crippen molar-refractivity contribution in [2.24, 2.45) is 4.99 Å². The van der Waals surface area contributed by atoms with E-state index in [1.54, 1.807) is 23.1 Å². The Morgan fingerprint density at radius 3 is 2.24 bits per heavy atom. The number of aliphatic imine (C=N–C) groups is 1. The van der Waals surface area contributed by atoms with E-state index in [1.165, 1.54) is 0 Å². The average Bonchev–Trinajstić information content (AvgIpc) is 3.13. The maximum Gasteiger partial charge on any atom is 0.282 e. The van der Waals surface area contributed by atoms with E-state index in [0.717, 1.165) is 22.4 Å². The Balaban J connectivity index is 1.77. The van der Waals surface area contributed by atoms with Crippen LogP contribution in [0.1, 0.15) is 30.5 Å². The average molecular weight is 461 g/mol. The summed E-state index contributed by atoms with van der Waals surface area (Å²) in [7, 11) is 0. The number of amidine groups is 1. The Hall–Kier alpha value is -3.57. The first kappa shape index (κ1) is 22.6. The van der Waals surface area contributed by atoms with Crippen LogP contribution in [0.5, 0.6) is 11.5 Å². The Labute approximate surface area is 198 Å². The molecule has 0 aliphatic carbocycles. The van der Waals surface area contributed by atoms with Crippen LogP contribution in [0, 0.1) is 6.92 Å². The van der Waals surface area contributed by atoms with Crippen LogP contribution < -0.4 is 14.4 Å². The molecule has 0 unspecified atom stereocenters. The van der Waals surface area contributed by atoms with Crippen LogP contribution in [0.2, 0.25) is 5.02 Å². The molecule has 1 aliphatic rings. The van der Waals surface area contributed by atoms with Crippen LogP contribution in [-0.4, -0.2) is 25.0 Å². The Kier molecular flexibility index (Phi) is 6.80. The maximum atomic E-state index is 13.5. The van der Waals surface area contributed by atoms with E-state index in [2.05, 4.69) is 0 Å². The second kappa shape index (κ2) is 9.92. The zero-order valence-electron chi connectivity index (χ0n) is 18.8. The number of anilines is 1. The van der Waals surface area contributed by atoms with Gasteiger partial charge in [0.2, 0.25) is 0 Å². The summed E-state index contributed by atoms with van der Waals surface area (Å²) in [5.41, 5.74) is 3.81. The van der Waals surface area contributed by atoms with Crippen molar-refractivity contribution in [2.75, 3.05) is 18.1 Å². The van der Waals surface area contributed by atoms with Gasteiger partial charge in [-0.1, -0.05) is 35.4 Å². The molecule has 0 bridgehead atoms. The van der Waals surface area contributed by atoms with Gasteiger partial charge in [-0.2, -0.15) is 0 Å². The minimum absolute atomic E-state index is 0.198. The molecule has 168 valence electrons. The molecule has 1 amide bonds. The van der Waals surface area contributed by atoms with E-state index in [-0.39, 0.29) is 5.91 Å². The summed E-state index contributed by atoms with van der Waals surface area (Å²) in [4.78, 5) is 19.8. The van der Waals surface area contributed by atoms with Gasteiger partial charge >= 0.3 is 0 Å². The highest BCUT2D eigenvalue weighted by molar-refractivity contribution is 6.34. The van der Waals surface area contributed by atoms with E-state index in [1.807, 2.05) is 75.4 Å². The predicted molar refractivity (Wildman–Crippen MR) is 133 cm³/mol. The fourth-order valence-electron chi connectivity index (χ4n) is 3.56. The van der Waals surface area contributed by atoms with Crippen molar-refractivity contribution in [3.05, 3.63) is 94.1 Å². The lowest BCUT2D eigenvalue weighted by atomic mass is 10.1. The first-order chi connectivity index (χ1) is 16.0. The fraction of sp³-hybridized carbons (Fsp3) is 0.185. The fourth-order valence-corrected chi connectivity index (χ4v) is 3.68. The molecule has 1 heterocycles. The van der Waals surface area contributed by atoms with Gasteiger partial charge in [-0.25, -0.2) is 4.99 Å². The van der Waals surface area contributed by atoms with E-state index in [0.29, 0.717) is 41.3 Å². The lowest BCUT2D eigenvalue weighted by Gasteiger charge is -2.18. The van der Waals surface area contributed by atoms with Gasteiger partial charge in [0.05, 0.1) is 18.9 Å². The second-order valence-electron chi connectivity index (χ2n) is 7.52. The molecular weight excluding hydrogens is 436 g/mol. The summed E-state index contributed by atoms with van der Waals surface area (Å²) in [5, 5.41) is 0.624. The standard InChI is InChI=1S/C27H25ClN2O3/c1-4-32-24-15-8-19(17-25(24)33-5-2)16-23-27(31)30(22-13-6-18(3)7-14-22)26(29-23)20-9-11-21(28)12-10-20/h6-17H,4-5H2,1-3H3/b23-16+. The van der Waals surface area contributed by atoms with Gasteiger partial charge in [-0.05, 0) is 80.9 Å². The number of carbonyl (C=O) groups excluding carboxylic acids is 1. The Morgan fingerprint density at radius 1 is 0.909 bits per heavy atom. The van der Waals surface area contributed by atoms with Gasteiger partial charge in [0.25, 0.3) is 5.91 Å². The van der Waals surface area contributed by atoms with E-state index >= 15 is 0 Å². The van der Waals surface area contributed by atoms with Crippen LogP contribution in [0.4, 0.5) is 5.69 Å². The van der Waals surface area contributed by atoms with Crippen molar-refractivity contribution in [3.63, 3.8) is 0 Å². The summed E-state index contributed by atoms with van der Waals surface area (Å²) in [5.74, 6) is 1.67. The number of hydrogen-bond donors (Lipinski definition) is 0. The summed E-state index contributed by atoms with van der Waals surface area (Å²) in [6.07, 6.45) is 1.77. The van der Waals surface area contributed by atoms with Gasteiger partial charge in [-0.15, -0.1) is 0 Å². The quantitative estimate of drug-likeness (QED) is 0.390. The van der Waals surface area contributed by atoms with E-state index in [4.69, 9.17) is 26.1 Å². The van der Waals surface area contributed by atoms with Crippen LogP contribution in [-0.2, 0) is 4.79 Å². The van der Waals surface area contributed by atoms with Gasteiger partial charge in [0.15, 0.2) is 11.5 Å². The molecule has 3 aromatic carbocycles. The number of ether oxygens (including phenoxy) is 2. The smallest absolute Gasteiger partial charge is 0.282 e. The molecule has 0 atom stereocenters. The molecule has 0 spiro atoms. The van der Waals surface area contributed by atoms with Gasteiger partial charge in [0.1, 0.15) is 11.5 Å². The molecule has 1 aliphatic heterocycles. The molecule has 0 radical (unpaired) electrons. The van der Waals surface area contributed by atoms with Crippen molar-refractivity contribution < 1.29 is 14.3 Å². The van der Waals surface area contributed by atoms with Gasteiger partial charge < -0.3 is 9.47 Å².